The topological polar surface area (TPSA) is 55.8 Å². The van der Waals surface area contributed by atoms with Gasteiger partial charge >= 0.3 is 5.97 Å². The molecule has 34 heavy (non-hydrogen) atoms. The monoisotopic (exact) mass is 460 g/mol. The SMILES string of the molecule is COc1ccc(F)c(-c2ccc3c(c2)CC[C@@H]3Oc2cccc([C@H](C3CC3)[C@H](C)C(=O)O)c2)c1. The number of fused-ring (bicyclic) bond motifs is 1. The summed E-state index contributed by atoms with van der Waals surface area (Å²) in [6.45, 7) is 1.80. The Balaban J connectivity index is 1.37. The normalized spacial score (nSPS) is 18.7. The highest BCUT2D eigenvalue weighted by molar-refractivity contribution is 5.71. The van der Waals surface area contributed by atoms with Gasteiger partial charge in [0.1, 0.15) is 23.4 Å². The minimum Gasteiger partial charge on any atom is -0.497 e. The number of aryl methyl sites for hydroxylation is 1. The van der Waals surface area contributed by atoms with Gasteiger partial charge in [-0.05, 0) is 90.1 Å². The van der Waals surface area contributed by atoms with Crippen LogP contribution in [0.1, 0.15) is 54.9 Å². The minimum absolute atomic E-state index is 0.0113. The van der Waals surface area contributed by atoms with Gasteiger partial charge in [0.25, 0.3) is 0 Å². The van der Waals surface area contributed by atoms with Crippen molar-refractivity contribution in [3.05, 3.63) is 83.2 Å². The Morgan fingerprint density at radius 1 is 1.03 bits per heavy atom. The summed E-state index contributed by atoms with van der Waals surface area (Å²) < 4.78 is 26.1. The van der Waals surface area contributed by atoms with Gasteiger partial charge in [-0.1, -0.05) is 37.3 Å². The Kier molecular flexibility index (Phi) is 6.03. The Labute approximate surface area is 199 Å². The van der Waals surface area contributed by atoms with Crippen molar-refractivity contribution in [3.8, 4) is 22.6 Å². The number of aliphatic carboxylic acids is 1. The molecule has 3 atom stereocenters. The second-order valence-corrected chi connectivity index (χ2v) is 9.47. The summed E-state index contributed by atoms with van der Waals surface area (Å²) in [4.78, 5) is 11.7. The largest absolute Gasteiger partial charge is 0.497 e. The summed E-state index contributed by atoms with van der Waals surface area (Å²) in [6, 6.07) is 18.7. The van der Waals surface area contributed by atoms with Crippen LogP contribution in [0, 0.1) is 17.7 Å². The Morgan fingerprint density at radius 2 is 1.85 bits per heavy atom. The highest BCUT2D eigenvalue weighted by Crippen LogP contribution is 2.47. The van der Waals surface area contributed by atoms with Crippen molar-refractivity contribution < 1.29 is 23.8 Å². The van der Waals surface area contributed by atoms with E-state index >= 15 is 0 Å². The van der Waals surface area contributed by atoms with Crippen molar-refractivity contribution in [1.29, 1.82) is 0 Å². The first-order valence-corrected chi connectivity index (χ1v) is 11.9. The molecular formula is C29H29FO4. The molecule has 0 unspecified atom stereocenters. The zero-order valence-electron chi connectivity index (χ0n) is 19.5. The zero-order chi connectivity index (χ0) is 23.8. The molecule has 2 aliphatic rings. The first-order chi connectivity index (χ1) is 16.4. The van der Waals surface area contributed by atoms with Crippen molar-refractivity contribution in [2.75, 3.05) is 7.11 Å². The predicted octanol–water partition coefficient (Wildman–Crippen LogP) is 6.78. The van der Waals surface area contributed by atoms with Gasteiger partial charge in [-0.2, -0.15) is 0 Å². The van der Waals surface area contributed by atoms with E-state index in [2.05, 4.69) is 0 Å². The lowest BCUT2D eigenvalue weighted by molar-refractivity contribution is -0.142. The number of hydrogen-bond acceptors (Lipinski definition) is 3. The van der Waals surface area contributed by atoms with E-state index in [0.717, 1.165) is 53.7 Å². The number of halogens is 1. The minimum atomic E-state index is -0.754. The van der Waals surface area contributed by atoms with Gasteiger partial charge in [-0.25, -0.2) is 4.39 Å². The fraction of sp³-hybridized carbons (Fsp3) is 0.345. The van der Waals surface area contributed by atoms with Gasteiger partial charge in [-0.3, -0.25) is 4.79 Å². The van der Waals surface area contributed by atoms with Crippen LogP contribution in [0.15, 0.2) is 60.7 Å². The number of carboxylic acids is 1. The maximum Gasteiger partial charge on any atom is 0.306 e. The maximum atomic E-state index is 14.5. The molecule has 1 saturated carbocycles. The van der Waals surface area contributed by atoms with Crippen molar-refractivity contribution >= 4 is 5.97 Å². The quantitative estimate of drug-likeness (QED) is 0.402. The third-order valence-electron chi connectivity index (χ3n) is 7.23. The standard InChI is InChI=1S/C29H29FO4/c1-17(29(31)32)28(18-6-7-18)21-4-3-5-23(15-21)34-27-13-9-19-14-20(8-11-24(19)27)25-16-22(33-2)10-12-26(25)30/h3-5,8,10-12,14-18,27-28H,6-7,9,13H2,1-2H3,(H,31,32)/t17-,27-,28-/m0/s1. The van der Waals surface area contributed by atoms with E-state index in [1.165, 1.54) is 6.07 Å². The van der Waals surface area contributed by atoms with Gasteiger partial charge in [0, 0.05) is 5.56 Å². The molecule has 0 heterocycles. The molecular weight excluding hydrogens is 431 g/mol. The summed E-state index contributed by atoms with van der Waals surface area (Å²) >= 11 is 0. The van der Waals surface area contributed by atoms with E-state index in [0.29, 0.717) is 17.2 Å². The molecule has 176 valence electrons. The number of rotatable bonds is 8. The smallest absolute Gasteiger partial charge is 0.306 e. The molecule has 0 aliphatic heterocycles. The number of hydrogen-bond donors (Lipinski definition) is 1. The van der Waals surface area contributed by atoms with Gasteiger partial charge in [0.05, 0.1) is 13.0 Å². The van der Waals surface area contributed by atoms with Crippen LogP contribution < -0.4 is 9.47 Å². The van der Waals surface area contributed by atoms with Crippen LogP contribution >= 0.6 is 0 Å². The number of carbonyl (C=O) groups is 1. The molecule has 1 fully saturated rings. The molecule has 0 amide bonds. The average Bonchev–Trinajstić information content (AvgIpc) is 3.60. The highest BCUT2D eigenvalue weighted by Gasteiger charge is 2.38. The van der Waals surface area contributed by atoms with Crippen LogP contribution in [-0.4, -0.2) is 18.2 Å². The van der Waals surface area contributed by atoms with Crippen LogP contribution in [0.3, 0.4) is 0 Å². The third-order valence-corrected chi connectivity index (χ3v) is 7.23. The molecule has 5 rings (SSSR count). The first-order valence-electron chi connectivity index (χ1n) is 11.9. The molecule has 0 saturated heterocycles. The van der Waals surface area contributed by atoms with Gasteiger partial charge in [0.15, 0.2) is 0 Å². The van der Waals surface area contributed by atoms with Crippen LogP contribution in [0.5, 0.6) is 11.5 Å². The lowest BCUT2D eigenvalue weighted by Gasteiger charge is -2.22. The van der Waals surface area contributed by atoms with Gasteiger partial charge in [-0.15, -0.1) is 0 Å². The first kappa shape index (κ1) is 22.5. The molecule has 0 spiro atoms. The second kappa shape index (κ2) is 9.13. The summed E-state index contributed by atoms with van der Waals surface area (Å²) in [7, 11) is 1.58. The molecule has 5 heteroatoms. The zero-order valence-corrected chi connectivity index (χ0v) is 19.5. The average molecular weight is 461 g/mol. The lowest BCUT2D eigenvalue weighted by Crippen LogP contribution is -2.20. The van der Waals surface area contributed by atoms with Gasteiger partial charge < -0.3 is 14.6 Å². The molecule has 3 aromatic carbocycles. The predicted molar refractivity (Wildman–Crippen MR) is 129 cm³/mol. The molecule has 4 nitrogen and oxygen atoms in total. The van der Waals surface area contributed by atoms with Gasteiger partial charge in [0.2, 0.25) is 0 Å². The van der Waals surface area contributed by atoms with Crippen LogP contribution in [0.2, 0.25) is 0 Å². The van der Waals surface area contributed by atoms with Crippen LogP contribution in [-0.2, 0) is 11.2 Å². The fourth-order valence-corrected chi connectivity index (χ4v) is 5.26. The highest BCUT2D eigenvalue weighted by atomic mass is 19.1. The lowest BCUT2D eigenvalue weighted by atomic mass is 9.83. The maximum absolute atomic E-state index is 14.5. The van der Waals surface area contributed by atoms with E-state index in [-0.39, 0.29) is 17.8 Å². The number of benzene rings is 3. The Bertz CT molecular complexity index is 1220. The number of methoxy groups -OCH3 is 1. The summed E-state index contributed by atoms with van der Waals surface area (Å²) in [6.07, 6.45) is 3.80. The number of carboxylic acid groups (broad SMARTS) is 1. The molecule has 0 bridgehead atoms. The van der Waals surface area contributed by atoms with E-state index < -0.39 is 11.9 Å². The van der Waals surface area contributed by atoms with Crippen molar-refractivity contribution in [1.82, 2.24) is 0 Å². The Morgan fingerprint density at radius 3 is 2.59 bits per heavy atom. The third kappa shape index (κ3) is 4.39. The summed E-state index contributed by atoms with van der Waals surface area (Å²) in [5.41, 5.74) is 4.67. The van der Waals surface area contributed by atoms with E-state index in [9.17, 15) is 14.3 Å². The molecule has 0 aromatic heterocycles. The van der Waals surface area contributed by atoms with E-state index in [1.54, 1.807) is 26.2 Å². The molecule has 1 N–H and O–H groups in total. The van der Waals surface area contributed by atoms with Crippen LogP contribution in [0.4, 0.5) is 4.39 Å². The van der Waals surface area contributed by atoms with E-state index in [1.807, 2.05) is 42.5 Å². The van der Waals surface area contributed by atoms with Crippen molar-refractivity contribution in [2.45, 2.75) is 44.6 Å². The van der Waals surface area contributed by atoms with Crippen LogP contribution in [0.25, 0.3) is 11.1 Å². The molecule has 2 aliphatic carbocycles. The Hall–Kier alpha value is -3.34. The van der Waals surface area contributed by atoms with E-state index in [4.69, 9.17) is 9.47 Å². The van der Waals surface area contributed by atoms with Crippen molar-refractivity contribution in [3.63, 3.8) is 0 Å². The van der Waals surface area contributed by atoms with Crippen molar-refractivity contribution in [2.24, 2.45) is 11.8 Å². The second-order valence-electron chi connectivity index (χ2n) is 9.47. The molecule has 0 radical (unpaired) electrons. The summed E-state index contributed by atoms with van der Waals surface area (Å²) in [5.74, 6) is 0.383. The fourth-order valence-electron chi connectivity index (χ4n) is 5.26. The number of ether oxygens (including phenoxy) is 2. The summed E-state index contributed by atoms with van der Waals surface area (Å²) in [5, 5.41) is 9.59. The molecule has 3 aromatic rings.